The van der Waals surface area contributed by atoms with Crippen molar-refractivity contribution in [2.45, 2.75) is 33.0 Å². The highest BCUT2D eigenvalue weighted by Crippen LogP contribution is 2.27. The third kappa shape index (κ3) is 6.48. The number of hydrogen-bond acceptors (Lipinski definition) is 2. The largest absolute Gasteiger partial charge is 0.493 e. The normalized spacial score (nSPS) is 11.9. The maximum Gasteiger partial charge on any atom is 0.392 e. The van der Waals surface area contributed by atoms with Crippen molar-refractivity contribution in [2.75, 3.05) is 13.2 Å². The van der Waals surface area contributed by atoms with E-state index in [-0.39, 0.29) is 0 Å². The zero-order valence-electron chi connectivity index (χ0n) is 11.6. The first kappa shape index (κ1) is 17.1. The van der Waals surface area contributed by atoms with Gasteiger partial charge in [0.2, 0.25) is 0 Å². The minimum atomic E-state index is -4.21. The Labute approximate surface area is 122 Å². The topological polar surface area (TPSA) is 21.3 Å². The van der Waals surface area contributed by atoms with Crippen LogP contribution in [0.15, 0.2) is 18.2 Å². The van der Waals surface area contributed by atoms with E-state index in [0.717, 1.165) is 6.54 Å². The molecule has 6 heteroatoms. The fraction of sp³-hybridized carbons (Fsp3) is 0.571. The van der Waals surface area contributed by atoms with Crippen LogP contribution in [0.5, 0.6) is 5.75 Å². The van der Waals surface area contributed by atoms with Gasteiger partial charge in [-0.2, -0.15) is 13.2 Å². The molecule has 2 nitrogen and oxygen atoms in total. The number of benzene rings is 1. The lowest BCUT2D eigenvalue weighted by atomic mass is 10.1. The number of ether oxygens (including phenoxy) is 1. The lowest BCUT2D eigenvalue weighted by molar-refractivity contribution is -0.139. The van der Waals surface area contributed by atoms with E-state index in [2.05, 4.69) is 19.2 Å². The number of hydrogen-bond donors (Lipinski definition) is 1. The van der Waals surface area contributed by atoms with Gasteiger partial charge in [0.15, 0.2) is 0 Å². The van der Waals surface area contributed by atoms with E-state index in [1.54, 1.807) is 18.2 Å². The Morgan fingerprint density at radius 2 is 2.00 bits per heavy atom. The summed E-state index contributed by atoms with van der Waals surface area (Å²) in [5.41, 5.74) is 0.692. The Balaban J connectivity index is 2.63. The van der Waals surface area contributed by atoms with Gasteiger partial charge in [0.25, 0.3) is 0 Å². The van der Waals surface area contributed by atoms with Crippen LogP contribution in [-0.4, -0.2) is 19.3 Å². The average Bonchev–Trinajstić information content (AvgIpc) is 2.30. The van der Waals surface area contributed by atoms with Gasteiger partial charge in [0, 0.05) is 17.1 Å². The van der Waals surface area contributed by atoms with Gasteiger partial charge in [0.1, 0.15) is 5.75 Å². The lowest BCUT2D eigenvalue weighted by Gasteiger charge is -2.15. The predicted octanol–water partition coefficient (Wildman–Crippen LogP) is 4.42. The van der Waals surface area contributed by atoms with E-state index in [9.17, 15) is 13.2 Å². The molecule has 20 heavy (non-hydrogen) atoms. The minimum absolute atomic E-state index is 0.401. The van der Waals surface area contributed by atoms with Crippen molar-refractivity contribution in [1.29, 1.82) is 0 Å². The highest BCUT2D eigenvalue weighted by atomic mass is 35.5. The van der Waals surface area contributed by atoms with E-state index in [1.807, 2.05) is 0 Å². The number of halogens is 4. The summed E-state index contributed by atoms with van der Waals surface area (Å²) in [5, 5.41) is 3.69. The summed E-state index contributed by atoms with van der Waals surface area (Å²) in [5.74, 6) is 0.880. The van der Waals surface area contributed by atoms with Gasteiger partial charge >= 0.3 is 6.18 Å². The summed E-state index contributed by atoms with van der Waals surface area (Å²) >= 11 is 6.07. The van der Waals surface area contributed by atoms with Crippen LogP contribution in [0.25, 0.3) is 0 Å². The highest BCUT2D eigenvalue weighted by molar-refractivity contribution is 6.31. The van der Waals surface area contributed by atoms with Crippen molar-refractivity contribution in [1.82, 2.24) is 5.32 Å². The molecule has 0 radical (unpaired) electrons. The van der Waals surface area contributed by atoms with Crippen LogP contribution in [0.1, 0.15) is 25.8 Å². The van der Waals surface area contributed by atoms with Crippen LogP contribution in [0.3, 0.4) is 0 Å². The second-order valence-electron chi connectivity index (χ2n) is 4.95. The minimum Gasteiger partial charge on any atom is -0.493 e. The Bertz CT molecular complexity index is 421. The quantitative estimate of drug-likeness (QED) is 0.805. The first-order valence-electron chi connectivity index (χ1n) is 6.47. The van der Waals surface area contributed by atoms with Crippen molar-refractivity contribution >= 4 is 11.6 Å². The number of rotatable bonds is 7. The van der Waals surface area contributed by atoms with Crippen molar-refractivity contribution in [2.24, 2.45) is 5.92 Å². The smallest absolute Gasteiger partial charge is 0.392 e. The molecule has 0 saturated heterocycles. The van der Waals surface area contributed by atoms with Crippen LogP contribution < -0.4 is 10.1 Å². The molecule has 0 aromatic heterocycles. The summed E-state index contributed by atoms with van der Waals surface area (Å²) in [4.78, 5) is 0. The summed E-state index contributed by atoms with van der Waals surface area (Å²) < 4.78 is 41.5. The fourth-order valence-corrected chi connectivity index (χ4v) is 1.84. The fourth-order valence-electron chi connectivity index (χ4n) is 1.61. The third-order valence-electron chi connectivity index (χ3n) is 2.57. The second kappa shape index (κ2) is 7.74. The molecule has 0 aliphatic rings. The number of alkyl halides is 3. The van der Waals surface area contributed by atoms with Gasteiger partial charge in [-0.25, -0.2) is 0 Å². The molecule has 0 saturated carbocycles. The second-order valence-corrected chi connectivity index (χ2v) is 5.36. The standard InChI is InChI=1S/C14H19ClF3NO/c1-10(2)8-19-9-11-12(15)4-3-5-13(11)20-7-6-14(16,17)18/h3-5,10,19H,6-9H2,1-2H3. The molecular formula is C14H19ClF3NO. The molecule has 1 aromatic carbocycles. The zero-order chi connectivity index (χ0) is 15.2. The van der Waals surface area contributed by atoms with Crippen molar-refractivity contribution in [3.63, 3.8) is 0 Å². The molecule has 0 spiro atoms. The highest BCUT2D eigenvalue weighted by Gasteiger charge is 2.27. The molecule has 0 bridgehead atoms. The van der Waals surface area contributed by atoms with Gasteiger partial charge in [-0.1, -0.05) is 31.5 Å². The van der Waals surface area contributed by atoms with Crippen molar-refractivity contribution < 1.29 is 17.9 Å². The Morgan fingerprint density at radius 1 is 1.30 bits per heavy atom. The van der Waals surface area contributed by atoms with Gasteiger partial charge in [0.05, 0.1) is 13.0 Å². The summed E-state index contributed by atoms with van der Waals surface area (Å²) in [7, 11) is 0. The average molecular weight is 310 g/mol. The van der Waals surface area contributed by atoms with Crippen molar-refractivity contribution in [3.8, 4) is 5.75 Å². The van der Waals surface area contributed by atoms with Crippen LogP contribution in [0.4, 0.5) is 13.2 Å². The maximum absolute atomic E-state index is 12.1. The van der Waals surface area contributed by atoms with Gasteiger partial charge in [-0.15, -0.1) is 0 Å². The van der Waals surface area contributed by atoms with Gasteiger partial charge < -0.3 is 10.1 Å². The SMILES string of the molecule is CC(C)CNCc1c(Cl)cccc1OCCC(F)(F)F. The van der Waals surface area contributed by atoms with Gasteiger partial charge in [-0.3, -0.25) is 0 Å². The molecule has 0 aliphatic heterocycles. The summed E-state index contributed by atoms with van der Waals surface area (Å²) in [6.45, 7) is 5.01. The molecule has 0 heterocycles. The monoisotopic (exact) mass is 309 g/mol. The lowest BCUT2D eigenvalue weighted by Crippen LogP contribution is -2.20. The summed E-state index contributed by atoms with van der Waals surface area (Å²) in [6, 6.07) is 5.00. The van der Waals surface area contributed by atoms with Crippen LogP contribution in [-0.2, 0) is 6.54 Å². The van der Waals surface area contributed by atoms with Crippen molar-refractivity contribution in [3.05, 3.63) is 28.8 Å². The summed E-state index contributed by atoms with van der Waals surface area (Å²) in [6.07, 6.45) is -5.19. The molecule has 0 aliphatic carbocycles. The van der Waals surface area contributed by atoms with E-state index in [1.165, 1.54) is 0 Å². The maximum atomic E-state index is 12.1. The molecular weight excluding hydrogens is 291 g/mol. The van der Waals surface area contributed by atoms with Gasteiger partial charge in [-0.05, 0) is 24.6 Å². The predicted molar refractivity (Wildman–Crippen MR) is 74.2 cm³/mol. The molecule has 0 atom stereocenters. The molecule has 1 aromatic rings. The molecule has 1 rings (SSSR count). The molecule has 0 unspecified atom stereocenters. The molecule has 114 valence electrons. The van der Waals surface area contributed by atoms with E-state index < -0.39 is 19.2 Å². The van der Waals surface area contributed by atoms with E-state index in [0.29, 0.717) is 28.8 Å². The van der Waals surface area contributed by atoms with E-state index in [4.69, 9.17) is 16.3 Å². The Kier molecular flexibility index (Phi) is 6.62. The number of nitrogens with one attached hydrogen (secondary N) is 1. The first-order valence-corrected chi connectivity index (χ1v) is 6.85. The molecule has 1 N–H and O–H groups in total. The van der Waals surface area contributed by atoms with Crippen LogP contribution in [0.2, 0.25) is 5.02 Å². The molecule has 0 amide bonds. The Hall–Kier alpha value is -0.940. The Morgan fingerprint density at radius 3 is 2.60 bits per heavy atom. The van der Waals surface area contributed by atoms with Crippen LogP contribution in [0, 0.1) is 5.92 Å². The first-order chi connectivity index (χ1) is 9.29. The molecule has 0 fully saturated rings. The van der Waals surface area contributed by atoms with E-state index >= 15 is 0 Å². The third-order valence-corrected chi connectivity index (χ3v) is 2.93. The zero-order valence-corrected chi connectivity index (χ0v) is 12.3. The van der Waals surface area contributed by atoms with Crippen LogP contribution >= 0.6 is 11.6 Å².